The molecule has 0 bridgehead atoms. The van der Waals surface area contributed by atoms with E-state index in [9.17, 15) is 14.4 Å². The fourth-order valence-electron chi connectivity index (χ4n) is 3.14. The number of benzene rings is 2. The molecule has 0 spiro atoms. The van der Waals surface area contributed by atoms with Crippen molar-refractivity contribution in [2.75, 3.05) is 22.1 Å². The van der Waals surface area contributed by atoms with Crippen LogP contribution in [0.25, 0.3) is 10.2 Å². The average molecular weight is 394 g/mol. The van der Waals surface area contributed by atoms with Crippen LogP contribution in [0.2, 0.25) is 0 Å². The molecular weight excluding hydrogens is 376 g/mol. The van der Waals surface area contributed by atoms with E-state index in [2.05, 4.69) is 15.6 Å². The Morgan fingerprint density at radius 3 is 2.57 bits per heavy atom. The van der Waals surface area contributed by atoms with Gasteiger partial charge in [0, 0.05) is 36.8 Å². The molecular formula is C20H18N4O3S. The molecule has 7 nitrogen and oxygen atoms in total. The minimum absolute atomic E-state index is 0.116. The Kier molecular flexibility index (Phi) is 4.79. The number of carbonyl (C=O) groups is 3. The lowest BCUT2D eigenvalue weighted by Crippen LogP contribution is -2.23. The van der Waals surface area contributed by atoms with Gasteiger partial charge in [-0.15, -0.1) is 0 Å². The van der Waals surface area contributed by atoms with Crippen LogP contribution in [-0.4, -0.2) is 29.3 Å². The average Bonchev–Trinajstić information content (AvgIpc) is 3.26. The van der Waals surface area contributed by atoms with Crippen LogP contribution in [0, 0.1) is 0 Å². The van der Waals surface area contributed by atoms with Crippen molar-refractivity contribution >= 4 is 55.8 Å². The van der Waals surface area contributed by atoms with Crippen LogP contribution < -0.4 is 15.5 Å². The Morgan fingerprint density at radius 1 is 1.11 bits per heavy atom. The van der Waals surface area contributed by atoms with Crippen LogP contribution >= 0.6 is 11.3 Å². The molecule has 2 heterocycles. The third-order valence-corrected chi connectivity index (χ3v) is 5.38. The molecule has 3 aromatic rings. The Balaban J connectivity index is 1.48. The Morgan fingerprint density at radius 2 is 1.89 bits per heavy atom. The van der Waals surface area contributed by atoms with Gasteiger partial charge in [0.15, 0.2) is 5.13 Å². The molecule has 0 unspecified atom stereocenters. The molecule has 8 heteroatoms. The fourth-order valence-corrected chi connectivity index (χ4v) is 4.04. The van der Waals surface area contributed by atoms with Gasteiger partial charge in [0.05, 0.1) is 10.2 Å². The summed E-state index contributed by atoms with van der Waals surface area (Å²) in [7, 11) is 0. The van der Waals surface area contributed by atoms with Crippen molar-refractivity contribution in [3.8, 4) is 0 Å². The summed E-state index contributed by atoms with van der Waals surface area (Å²) in [4.78, 5) is 41.7. The fraction of sp³-hybridized carbons (Fsp3) is 0.200. The summed E-state index contributed by atoms with van der Waals surface area (Å²) >= 11 is 1.34. The molecule has 2 N–H and O–H groups in total. The van der Waals surface area contributed by atoms with Gasteiger partial charge in [-0.05, 0) is 48.9 Å². The largest absolute Gasteiger partial charge is 0.326 e. The third-order valence-electron chi connectivity index (χ3n) is 4.44. The number of hydrogen-bond acceptors (Lipinski definition) is 5. The molecule has 2 aromatic carbocycles. The second-order valence-corrected chi connectivity index (χ2v) is 7.56. The van der Waals surface area contributed by atoms with E-state index in [4.69, 9.17) is 0 Å². The van der Waals surface area contributed by atoms with Crippen molar-refractivity contribution in [3.63, 3.8) is 0 Å². The minimum atomic E-state index is -0.263. The molecule has 1 aliphatic rings. The number of nitrogens with one attached hydrogen (secondary N) is 2. The van der Waals surface area contributed by atoms with E-state index in [-0.39, 0.29) is 17.7 Å². The molecule has 0 atom stereocenters. The maximum atomic E-state index is 12.5. The van der Waals surface area contributed by atoms with Gasteiger partial charge in [0.1, 0.15) is 0 Å². The molecule has 0 radical (unpaired) electrons. The highest BCUT2D eigenvalue weighted by Crippen LogP contribution is 2.29. The van der Waals surface area contributed by atoms with Crippen LogP contribution in [0.3, 0.4) is 0 Å². The molecule has 4 rings (SSSR count). The third kappa shape index (κ3) is 3.72. The molecule has 3 amide bonds. The molecule has 0 aliphatic carbocycles. The first-order valence-electron chi connectivity index (χ1n) is 8.89. The number of thiazole rings is 1. The monoisotopic (exact) mass is 394 g/mol. The number of aromatic nitrogens is 1. The predicted octanol–water partition coefficient (Wildman–Crippen LogP) is 3.63. The number of anilines is 3. The van der Waals surface area contributed by atoms with Crippen molar-refractivity contribution in [1.29, 1.82) is 0 Å². The van der Waals surface area contributed by atoms with Crippen LogP contribution in [0.15, 0.2) is 42.5 Å². The number of rotatable bonds is 4. The second kappa shape index (κ2) is 7.40. The van der Waals surface area contributed by atoms with Gasteiger partial charge in [-0.1, -0.05) is 11.3 Å². The molecule has 1 aromatic heterocycles. The van der Waals surface area contributed by atoms with E-state index in [1.807, 2.05) is 6.07 Å². The van der Waals surface area contributed by atoms with E-state index in [1.165, 1.54) is 18.3 Å². The van der Waals surface area contributed by atoms with Gasteiger partial charge in [0.25, 0.3) is 5.91 Å². The summed E-state index contributed by atoms with van der Waals surface area (Å²) in [5.41, 5.74) is 2.74. The van der Waals surface area contributed by atoms with E-state index in [0.29, 0.717) is 22.8 Å². The van der Waals surface area contributed by atoms with Gasteiger partial charge >= 0.3 is 0 Å². The van der Waals surface area contributed by atoms with E-state index < -0.39 is 0 Å². The van der Waals surface area contributed by atoms with Crippen molar-refractivity contribution in [2.45, 2.75) is 19.8 Å². The van der Waals surface area contributed by atoms with Gasteiger partial charge in [-0.2, -0.15) is 0 Å². The van der Waals surface area contributed by atoms with Gasteiger partial charge < -0.3 is 10.2 Å². The smallest absolute Gasteiger partial charge is 0.257 e. The molecule has 0 saturated carbocycles. The number of nitrogens with zero attached hydrogens (tertiary/aromatic N) is 2. The summed E-state index contributed by atoms with van der Waals surface area (Å²) in [6, 6.07) is 12.4. The number of carbonyl (C=O) groups excluding carboxylic acids is 3. The first-order chi connectivity index (χ1) is 13.5. The van der Waals surface area contributed by atoms with Crippen LogP contribution in [0.1, 0.15) is 30.1 Å². The van der Waals surface area contributed by atoms with Crippen LogP contribution in [-0.2, 0) is 9.59 Å². The summed E-state index contributed by atoms with van der Waals surface area (Å²) in [5.74, 6) is -0.290. The van der Waals surface area contributed by atoms with Gasteiger partial charge in [-0.3, -0.25) is 19.7 Å². The predicted molar refractivity (Wildman–Crippen MR) is 110 cm³/mol. The summed E-state index contributed by atoms with van der Waals surface area (Å²) < 4.78 is 0.865. The lowest BCUT2D eigenvalue weighted by Gasteiger charge is -2.15. The van der Waals surface area contributed by atoms with Crippen molar-refractivity contribution in [2.24, 2.45) is 0 Å². The van der Waals surface area contributed by atoms with E-state index in [0.717, 1.165) is 28.9 Å². The van der Waals surface area contributed by atoms with E-state index >= 15 is 0 Å². The van der Waals surface area contributed by atoms with Crippen molar-refractivity contribution in [1.82, 2.24) is 4.98 Å². The van der Waals surface area contributed by atoms with Gasteiger partial charge in [0.2, 0.25) is 11.8 Å². The van der Waals surface area contributed by atoms with Crippen LogP contribution in [0.4, 0.5) is 16.5 Å². The molecule has 28 heavy (non-hydrogen) atoms. The Labute approximate surface area is 165 Å². The number of hydrogen-bond donors (Lipinski definition) is 2. The Hall–Kier alpha value is -3.26. The quantitative estimate of drug-likeness (QED) is 0.707. The van der Waals surface area contributed by atoms with Gasteiger partial charge in [-0.25, -0.2) is 4.98 Å². The first kappa shape index (κ1) is 18.1. The topological polar surface area (TPSA) is 91.4 Å². The zero-order valence-electron chi connectivity index (χ0n) is 15.2. The summed E-state index contributed by atoms with van der Waals surface area (Å²) in [5, 5.41) is 6.02. The normalized spacial score (nSPS) is 13.8. The molecule has 142 valence electrons. The molecule has 1 saturated heterocycles. The lowest BCUT2D eigenvalue weighted by atomic mass is 10.2. The molecule has 1 fully saturated rings. The highest BCUT2D eigenvalue weighted by molar-refractivity contribution is 7.22. The zero-order valence-corrected chi connectivity index (χ0v) is 16.0. The highest BCUT2D eigenvalue weighted by Gasteiger charge is 2.21. The SMILES string of the molecule is CC(=O)Nc1ccc2nc(NC(=O)c3ccc(N4CCCC4=O)cc3)sc2c1. The standard InChI is InChI=1S/C20H18N4O3S/c1-12(25)21-14-6-9-16-17(11-14)28-20(22-16)23-19(27)13-4-7-15(8-5-13)24-10-2-3-18(24)26/h4-9,11H,2-3,10H2,1H3,(H,21,25)(H,22,23,27). The summed E-state index contributed by atoms with van der Waals surface area (Å²) in [6.07, 6.45) is 1.44. The lowest BCUT2D eigenvalue weighted by molar-refractivity contribution is -0.117. The minimum Gasteiger partial charge on any atom is -0.326 e. The maximum Gasteiger partial charge on any atom is 0.257 e. The first-order valence-corrected chi connectivity index (χ1v) is 9.71. The highest BCUT2D eigenvalue weighted by atomic mass is 32.1. The van der Waals surface area contributed by atoms with E-state index in [1.54, 1.807) is 41.3 Å². The number of fused-ring (bicyclic) bond motifs is 1. The van der Waals surface area contributed by atoms with Crippen LogP contribution in [0.5, 0.6) is 0 Å². The second-order valence-electron chi connectivity index (χ2n) is 6.53. The zero-order chi connectivity index (χ0) is 19.7. The Bertz CT molecular complexity index is 1070. The van der Waals surface area contributed by atoms with Crippen molar-refractivity contribution in [3.05, 3.63) is 48.0 Å². The molecule has 1 aliphatic heterocycles. The maximum absolute atomic E-state index is 12.5. The van der Waals surface area contributed by atoms with Crippen molar-refractivity contribution < 1.29 is 14.4 Å². The number of amides is 3. The summed E-state index contributed by atoms with van der Waals surface area (Å²) in [6.45, 7) is 2.17.